The van der Waals surface area contributed by atoms with Gasteiger partial charge in [-0.3, -0.25) is 9.67 Å². The van der Waals surface area contributed by atoms with Crippen molar-refractivity contribution in [1.29, 1.82) is 0 Å². The lowest BCUT2D eigenvalue weighted by Gasteiger charge is -2.06. The Morgan fingerprint density at radius 1 is 1.29 bits per heavy atom. The topological polar surface area (TPSA) is 76.9 Å². The lowest BCUT2D eigenvalue weighted by molar-refractivity contribution is 0.578. The monoisotopic (exact) mass is 308 g/mol. The van der Waals surface area contributed by atoms with Crippen LogP contribution in [0.1, 0.15) is 25.3 Å². The molecule has 2 aromatic heterocycles. The zero-order valence-corrected chi connectivity index (χ0v) is 13.1. The van der Waals surface area contributed by atoms with Crippen LogP contribution >= 0.6 is 0 Å². The second-order valence-corrected chi connectivity index (χ2v) is 6.87. The minimum atomic E-state index is -3.19. The third kappa shape index (κ3) is 4.64. The van der Waals surface area contributed by atoms with Gasteiger partial charge in [-0.2, -0.15) is 5.10 Å². The van der Waals surface area contributed by atoms with Crippen LogP contribution in [-0.2, 0) is 23.6 Å². The van der Waals surface area contributed by atoms with Gasteiger partial charge in [0, 0.05) is 31.5 Å². The summed E-state index contributed by atoms with van der Waals surface area (Å²) in [6.45, 7) is 2.24. The number of pyridine rings is 1. The van der Waals surface area contributed by atoms with E-state index in [1.54, 1.807) is 17.1 Å². The Morgan fingerprint density at radius 2 is 2.10 bits per heavy atom. The number of rotatable bonds is 7. The summed E-state index contributed by atoms with van der Waals surface area (Å²) in [6, 6.07) is 3.74. The molecule has 0 atom stereocenters. The number of hydrogen-bond donors (Lipinski definition) is 1. The summed E-state index contributed by atoms with van der Waals surface area (Å²) in [6.07, 6.45) is 6.85. The summed E-state index contributed by atoms with van der Waals surface area (Å²) < 4.78 is 27.7. The molecule has 114 valence electrons. The summed E-state index contributed by atoms with van der Waals surface area (Å²) in [4.78, 5) is 4.34. The van der Waals surface area contributed by atoms with Crippen molar-refractivity contribution < 1.29 is 8.42 Å². The molecule has 0 aliphatic carbocycles. The fraction of sp³-hybridized carbons (Fsp3) is 0.429. The van der Waals surface area contributed by atoms with Crippen LogP contribution in [0.25, 0.3) is 11.3 Å². The standard InChI is InChI=1S/C14H20N4O2S/c1-3-4-7-21(19,20)17-9-12-5-6-14(15-8-12)13-10-16-18(2)11-13/h5-6,8,10-11,17H,3-4,7,9H2,1-2H3. The predicted molar refractivity (Wildman–Crippen MR) is 82.0 cm³/mol. The number of aryl methyl sites for hydroxylation is 1. The molecule has 0 aromatic carbocycles. The number of aromatic nitrogens is 3. The molecule has 0 bridgehead atoms. The van der Waals surface area contributed by atoms with Crippen LogP contribution in [-0.4, -0.2) is 28.9 Å². The molecule has 21 heavy (non-hydrogen) atoms. The molecule has 7 heteroatoms. The second kappa shape index (κ2) is 6.82. The maximum atomic E-state index is 11.7. The smallest absolute Gasteiger partial charge is 0.211 e. The molecule has 6 nitrogen and oxygen atoms in total. The van der Waals surface area contributed by atoms with Crippen LogP contribution in [0.2, 0.25) is 0 Å². The number of hydrogen-bond acceptors (Lipinski definition) is 4. The molecular formula is C14H20N4O2S. The van der Waals surface area contributed by atoms with E-state index in [2.05, 4.69) is 14.8 Å². The highest BCUT2D eigenvalue weighted by atomic mass is 32.2. The molecule has 0 spiro atoms. The van der Waals surface area contributed by atoms with E-state index < -0.39 is 10.0 Å². The highest BCUT2D eigenvalue weighted by molar-refractivity contribution is 7.89. The summed E-state index contributed by atoms with van der Waals surface area (Å²) >= 11 is 0. The molecule has 2 heterocycles. The van der Waals surface area contributed by atoms with Crippen molar-refractivity contribution in [3.05, 3.63) is 36.3 Å². The normalized spacial score (nSPS) is 11.7. The van der Waals surface area contributed by atoms with Crippen LogP contribution in [0.3, 0.4) is 0 Å². The molecule has 0 fully saturated rings. The molecule has 0 saturated carbocycles. The van der Waals surface area contributed by atoms with Crippen molar-refractivity contribution in [2.24, 2.45) is 7.05 Å². The van der Waals surface area contributed by atoms with Gasteiger partial charge >= 0.3 is 0 Å². The maximum absolute atomic E-state index is 11.7. The first-order valence-corrected chi connectivity index (χ1v) is 8.56. The van der Waals surface area contributed by atoms with Gasteiger partial charge in [0.15, 0.2) is 0 Å². The van der Waals surface area contributed by atoms with Crippen molar-refractivity contribution in [3.63, 3.8) is 0 Å². The van der Waals surface area contributed by atoms with Crippen molar-refractivity contribution in [2.75, 3.05) is 5.75 Å². The minimum absolute atomic E-state index is 0.171. The average Bonchev–Trinajstić information content (AvgIpc) is 2.90. The van der Waals surface area contributed by atoms with E-state index in [9.17, 15) is 8.42 Å². The average molecular weight is 308 g/mol. The van der Waals surface area contributed by atoms with Crippen molar-refractivity contribution in [3.8, 4) is 11.3 Å². The largest absolute Gasteiger partial charge is 0.275 e. The van der Waals surface area contributed by atoms with Gasteiger partial charge in [-0.05, 0) is 18.1 Å². The minimum Gasteiger partial charge on any atom is -0.275 e. The maximum Gasteiger partial charge on any atom is 0.211 e. The van der Waals surface area contributed by atoms with Gasteiger partial charge in [-0.15, -0.1) is 0 Å². The Hall–Kier alpha value is -1.73. The fourth-order valence-electron chi connectivity index (χ4n) is 1.85. The van der Waals surface area contributed by atoms with Crippen LogP contribution in [0.15, 0.2) is 30.7 Å². The molecule has 0 saturated heterocycles. The number of nitrogens with zero attached hydrogens (tertiary/aromatic N) is 3. The lowest BCUT2D eigenvalue weighted by atomic mass is 10.2. The molecule has 0 unspecified atom stereocenters. The van der Waals surface area contributed by atoms with E-state index >= 15 is 0 Å². The molecular weight excluding hydrogens is 288 g/mol. The molecule has 2 rings (SSSR count). The third-order valence-electron chi connectivity index (χ3n) is 3.09. The van der Waals surface area contributed by atoms with Crippen LogP contribution in [0.5, 0.6) is 0 Å². The summed E-state index contributed by atoms with van der Waals surface area (Å²) in [7, 11) is -1.34. The van der Waals surface area contributed by atoms with Crippen molar-refractivity contribution in [2.45, 2.75) is 26.3 Å². The summed E-state index contributed by atoms with van der Waals surface area (Å²) in [5.41, 5.74) is 2.59. The first-order valence-electron chi connectivity index (χ1n) is 6.91. The Bertz CT molecular complexity index is 677. The Labute approximate surface area is 125 Å². The van der Waals surface area contributed by atoms with Gasteiger partial charge in [0.2, 0.25) is 10.0 Å². The first kappa shape index (κ1) is 15.7. The third-order valence-corrected chi connectivity index (χ3v) is 4.50. The predicted octanol–water partition coefficient (Wildman–Crippen LogP) is 1.70. The van der Waals surface area contributed by atoms with Gasteiger partial charge < -0.3 is 0 Å². The number of sulfonamides is 1. The first-order chi connectivity index (χ1) is 10.00. The molecule has 0 aliphatic heterocycles. The summed E-state index contributed by atoms with van der Waals surface area (Å²) in [5.74, 6) is 0.171. The Balaban J connectivity index is 1.97. The molecule has 0 aliphatic rings. The molecule has 0 amide bonds. The zero-order valence-electron chi connectivity index (χ0n) is 12.3. The second-order valence-electron chi connectivity index (χ2n) is 4.95. The van der Waals surface area contributed by atoms with E-state index in [0.717, 1.165) is 23.2 Å². The van der Waals surface area contributed by atoms with E-state index in [-0.39, 0.29) is 12.3 Å². The fourth-order valence-corrected chi connectivity index (χ4v) is 3.05. The SMILES string of the molecule is CCCCS(=O)(=O)NCc1ccc(-c2cnn(C)c2)nc1. The number of nitrogens with one attached hydrogen (secondary N) is 1. The molecule has 2 aromatic rings. The molecule has 1 N–H and O–H groups in total. The van der Waals surface area contributed by atoms with Gasteiger partial charge in [-0.25, -0.2) is 13.1 Å². The lowest BCUT2D eigenvalue weighted by Crippen LogP contribution is -2.25. The quantitative estimate of drug-likeness (QED) is 0.844. The van der Waals surface area contributed by atoms with Gasteiger partial charge in [-0.1, -0.05) is 19.4 Å². The summed E-state index contributed by atoms with van der Waals surface area (Å²) in [5, 5.41) is 4.10. The van der Waals surface area contributed by atoms with E-state index in [4.69, 9.17) is 0 Å². The van der Waals surface area contributed by atoms with Crippen molar-refractivity contribution in [1.82, 2.24) is 19.5 Å². The molecule has 0 radical (unpaired) electrons. The number of unbranched alkanes of at least 4 members (excludes halogenated alkanes) is 1. The van der Waals surface area contributed by atoms with Crippen molar-refractivity contribution >= 4 is 10.0 Å². The zero-order chi connectivity index (χ0) is 15.3. The Kier molecular flexibility index (Phi) is 5.08. The van der Waals surface area contributed by atoms with Gasteiger partial charge in [0.25, 0.3) is 0 Å². The van der Waals surface area contributed by atoms with Crippen LogP contribution in [0.4, 0.5) is 0 Å². The van der Waals surface area contributed by atoms with Crippen LogP contribution in [0, 0.1) is 0 Å². The van der Waals surface area contributed by atoms with E-state index in [1.165, 1.54) is 0 Å². The van der Waals surface area contributed by atoms with Crippen LogP contribution < -0.4 is 4.72 Å². The van der Waals surface area contributed by atoms with E-state index in [0.29, 0.717) is 6.42 Å². The highest BCUT2D eigenvalue weighted by Gasteiger charge is 2.09. The van der Waals surface area contributed by atoms with Gasteiger partial charge in [0.05, 0.1) is 17.6 Å². The Morgan fingerprint density at radius 3 is 2.67 bits per heavy atom. The van der Waals surface area contributed by atoms with Gasteiger partial charge in [0.1, 0.15) is 0 Å². The van der Waals surface area contributed by atoms with E-state index in [1.807, 2.05) is 32.3 Å². The highest BCUT2D eigenvalue weighted by Crippen LogP contribution is 2.15.